The van der Waals surface area contributed by atoms with Gasteiger partial charge in [-0.05, 0) is 12.1 Å². The molecule has 0 aliphatic rings. The third-order valence-corrected chi connectivity index (χ3v) is 2.86. The minimum atomic E-state index is -4.71. The number of halogens is 4. The van der Waals surface area contributed by atoms with Crippen LogP contribution in [0.3, 0.4) is 0 Å². The quantitative estimate of drug-likeness (QED) is 0.713. The molecule has 5 nitrogen and oxygen atoms in total. The SMILES string of the molecule is FC(F)(F)c1c(-c2ncno2)noc1-c1cccc(Cl)c1. The van der Waals surface area contributed by atoms with Crippen LogP contribution in [0.5, 0.6) is 0 Å². The molecule has 2 heterocycles. The van der Waals surface area contributed by atoms with Crippen LogP contribution in [0.25, 0.3) is 22.9 Å². The van der Waals surface area contributed by atoms with Gasteiger partial charge >= 0.3 is 6.18 Å². The number of rotatable bonds is 2. The van der Waals surface area contributed by atoms with Crippen molar-refractivity contribution in [2.75, 3.05) is 0 Å². The van der Waals surface area contributed by atoms with Crippen molar-refractivity contribution in [1.82, 2.24) is 15.3 Å². The minimum Gasteiger partial charge on any atom is -0.355 e. The van der Waals surface area contributed by atoms with Crippen molar-refractivity contribution in [3.63, 3.8) is 0 Å². The fourth-order valence-electron chi connectivity index (χ4n) is 1.80. The van der Waals surface area contributed by atoms with Gasteiger partial charge < -0.3 is 9.05 Å². The summed E-state index contributed by atoms with van der Waals surface area (Å²) in [6, 6.07) is 5.81. The van der Waals surface area contributed by atoms with Gasteiger partial charge in [0.15, 0.2) is 17.8 Å². The van der Waals surface area contributed by atoms with Crippen LogP contribution >= 0.6 is 11.6 Å². The van der Waals surface area contributed by atoms with Gasteiger partial charge in [-0.1, -0.05) is 34.0 Å². The molecule has 2 aromatic heterocycles. The Labute approximate surface area is 120 Å². The Hall–Kier alpha value is -2.35. The second-order valence-electron chi connectivity index (χ2n) is 3.99. The smallest absolute Gasteiger partial charge is 0.355 e. The van der Waals surface area contributed by atoms with Crippen LogP contribution in [0, 0.1) is 0 Å². The lowest BCUT2D eigenvalue weighted by Crippen LogP contribution is -2.07. The van der Waals surface area contributed by atoms with Crippen molar-refractivity contribution in [3.05, 3.63) is 41.2 Å². The van der Waals surface area contributed by atoms with Gasteiger partial charge in [-0.25, -0.2) is 0 Å². The first-order valence-electron chi connectivity index (χ1n) is 5.56. The molecular formula is C12H5ClF3N3O2. The molecule has 3 aromatic rings. The van der Waals surface area contributed by atoms with Gasteiger partial charge in [-0.2, -0.15) is 18.2 Å². The summed E-state index contributed by atoms with van der Waals surface area (Å²) in [5.74, 6) is -0.836. The summed E-state index contributed by atoms with van der Waals surface area (Å²) < 4.78 is 49.3. The molecule has 0 amide bonds. The molecule has 0 radical (unpaired) electrons. The predicted molar refractivity (Wildman–Crippen MR) is 65.2 cm³/mol. The van der Waals surface area contributed by atoms with Crippen LogP contribution in [-0.2, 0) is 6.18 Å². The van der Waals surface area contributed by atoms with E-state index in [9.17, 15) is 13.2 Å². The molecule has 3 rings (SSSR count). The highest BCUT2D eigenvalue weighted by Gasteiger charge is 2.42. The third-order valence-electron chi connectivity index (χ3n) is 2.63. The second kappa shape index (κ2) is 4.88. The van der Waals surface area contributed by atoms with Crippen LogP contribution in [-0.4, -0.2) is 15.3 Å². The van der Waals surface area contributed by atoms with Gasteiger partial charge in [0.2, 0.25) is 0 Å². The summed E-state index contributed by atoms with van der Waals surface area (Å²) in [5, 5.41) is 6.93. The fourth-order valence-corrected chi connectivity index (χ4v) is 1.99. The van der Waals surface area contributed by atoms with Crippen LogP contribution in [0.15, 0.2) is 39.6 Å². The molecule has 0 bridgehead atoms. The maximum atomic E-state index is 13.3. The molecule has 0 atom stereocenters. The van der Waals surface area contributed by atoms with Crippen molar-refractivity contribution in [2.24, 2.45) is 0 Å². The van der Waals surface area contributed by atoms with E-state index in [1.807, 2.05) is 0 Å². The Morgan fingerprint density at radius 1 is 1.14 bits per heavy atom. The highest BCUT2D eigenvalue weighted by atomic mass is 35.5. The van der Waals surface area contributed by atoms with Crippen molar-refractivity contribution in [1.29, 1.82) is 0 Å². The topological polar surface area (TPSA) is 65.0 Å². The summed E-state index contributed by atoms with van der Waals surface area (Å²) in [4.78, 5) is 3.56. The number of aromatic nitrogens is 3. The normalized spacial score (nSPS) is 11.8. The van der Waals surface area contributed by atoms with E-state index >= 15 is 0 Å². The first-order chi connectivity index (χ1) is 9.97. The Morgan fingerprint density at radius 2 is 1.95 bits per heavy atom. The standard InChI is InChI=1S/C12H5ClF3N3O2/c13-7-3-1-2-6(4-7)10-8(12(14,15)16)9(19-20-10)11-17-5-18-21-11/h1-5H. The number of alkyl halides is 3. The monoisotopic (exact) mass is 315 g/mol. The van der Waals surface area contributed by atoms with E-state index in [0.717, 1.165) is 6.33 Å². The average Bonchev–Trinajstić information content (AvgIpc) is 3.07. The fraction of sp³-hybridized carbons (Fsp3) is 0.0833. The molecule has 9 heteroatoms. The molecule has 0 unspecified atom stereocenters. The van der Waals surface area contributed by atoms with E-state index in [1.165, 1.54) is 24.3 Å². The lowest BCUT2D eigenvalue weighted by atomic mass is 10.1. The number of hydrogen-bond donors (Lipinski definition) is 0. The van der Waals surface area contributed by atoms with Gasteiger partial charge in [0.25, 0.3) is 5.89 Å². The zero-order valence-electron chi connectivity index (χ0n) is 10.1. The molecule has 0 N–H and O–H groups in total. The van der Waals surface area contributed by atoms with Crippen LogP contribution in [0.4, 0.5) is 13.2 Å². The van der Waals surface area contributed by atoms with Crippen LogP contribution in [0.2, 0.25) is 5.02 Å². The molecule has 0 aliphatic heterocycles. The predicted octanol–water partition coefficient (Wildman–Crippen LogP) is 4.06. The number of nitrogens with zero attached hydrogens (tertiary/aromatic N) is 3. The van der Waals surface area contributed by atoms with Crippen LogP contribution < -0.4 is 0 Å². The highest BCUT2D eigenvalue weighted by molar-refractivity contribution is 6.30. The lowest BCUT2D eigenvalue weighted by Gasteiger charge is -2.06. The summed E-state index contributed by atoms with van der Waals surface area (Å²) in [6.45, 7) is 0. The Bertz CT molecular complexity index is 768. The van der Waals surface area contributed by atoms with Gasteiger partial charge in [0.1, 0.15) is 5.56 Å². The molecule has 108 valence electrons. The van der Waals surface area contributed by atoms with Gasteiger partial charge in [0, 0.05) is 10.6 Å². The van der Waals surface area contributed by atoms with Gasteiger partial charge in [-0.15, -0.1) is 0 Å². The number of hydrogen-bond acceptors (Lipinski definition) is 5. The first kappa shape index (κ1) is 13.6. The lowest BCUT2D eigenvalue weighted by molar-refractivity contribution is -0.136. The van der Waals surface area contributed by atoms with Gasteiger partial charge in [0.05, 0.1) is 0 Å². The second-order valence-corrected chi connectivity index (χ2v) is 4.43. The molecule has 21 heavy (non-hydrogen) atoms. The summed E-state index contributed by atoms with van der Waals surface area (Å²) >= 11 is 5.78. The number of benzene rings is 1. The van der Waals surface area contributed by atoms with E-state index in [1.54, 1.807) is 0 Å². The molecule has 0 saturated heterocycles. The Morgan fingerprint density at radius 3 is 2.57 bits per heavy atom. The maximum absolute atomic E-state index is 13.3. The molecule has 0 saturated carbocycles. The Kier molecular flexibility index (Phi) is 3.17. The van der Waals surface area contributed by atoms with E-state index in [0.29, 0.717) is 0 Å². The molecule has 0 spiro atoms. The molecule has 0 fully saturated rings. The average molecular weight is 316 g/mol. The van der Waals surface area contributed by atoms with E-state index in [2.05, 4.69) is 19.8 Å². The first-order valence-corrected chi connectivity index (χ1v) is 5.94. The van der Waals surface area contributed by atoms with E-state index < -0.39 is 23.2 Å². The molecule has 0 aliphatic carbocycles. The van der Waals surface area contributed by atoms with Gasteiger partial charge in [-0.3, -0.25) is 0 Å². The van der Waals surface area contributed by atoms with E-state index in [-0.39, 0.29) is 16.5 Å². The van der Waals surface area contributed by atoms with Crippen molar-refractivity contribution < 1.29 is 22.2 Å². The summed E-state index contributed by atoms with van der Waals surface area (Å²) in [5.41, 5.74) is -1.50. The summed E-state index contributed by atoms with van der Waals surface area (Å²) in [6.07, 6.45) is -3.73. The molecule has 1 aromatic carbocycles. The Balaban J connectivity index is 2.23. The van der Waals surface area contributed by atoms with E-state index in [4.69, 9.17) is 16.1 Å². The maximum Gasteiger partial charge on any atom is 0.422 e. The van der Waals surface area contributed by atoms with Crippen LogP contribution in [0.1, 0.15) is 5.56 Å². The van der Waals surface area contributed by atoms with Crippen molar-refractivity contribution in [3.8, 4) is 22.9 Å². The minimum absolute atomic E-state index is 0.146. The largest absolute Gasteiger partial charge is 0.422 e. The highest BCUT2D eigenvalue weighted by Crippen LogP contribution is 2.42. The van der Waals surface area contributed by atoms with Crippen molar-refractivity contribution in [2.45, 2.75) is 6.18 Å². The van der Waals surface area contributed by atoms with Crippen molar-refractivity contribution >= 4 is 11.6 Å². The molecular weight excluding hydrogens is 311 g/mol. The summed E-state index contributed by atoms with van der Waals surface area (Å²) in [7, 11) is 0. The zero-order valence-corrected chi connectivity index (χ0v) is 10.8. The zero-order chi connectivity index (χ0) is 15.0. The third kappa shape index (κ3) is 2.49.